The summed E-state index contributed by atoms with van der Waals surface area (Å²) in [6.07, 6.45) is 7.02. The molecule has 0 aromatic heterocycles. The molecule has 8 aromatic rings. The maximum Gasteiger partial charge on any atom is 0.123 e. The van der Waals surface area contributed by atoms with Crippen LogP contribution in [0.15, 0.2) is 164 Å². The van der Waals surface area contributed by atoms with Crippen molar-refractivity contribution in [3.05, 3.63) is 181 Å². The van der Waals surface area contributed by atoms with Crippen LogP contribution in [0, 0.1) is 29.5 Å². The summed E-state index contributed by atoms with van der Waals surface area (Å²) in [5.74, 6) is 3.10. The van der Waals surface area contributed by atoms with Crippen LogP contribution in [0.2, 0.25) is 0 Å². The van der Waals surface area contributed by atoms with Gasteiger partial charge in [0.05, 0.1) is 0 Å². The molecule has 0 unspecified atom stereocenters. The molecule has 0 saturated heterocycles. The van der Waals surface area contributed by atoms with Crippen molar-refractivity contribution in [3.8, 4) is 55.6 Å². The molecule has 4 fully saturated rings. The first kappa shape index (κ1) is 31.5. The van der Waals surface area contributed by atoms with E-state index in [0.717, 1.165) is 34.8 Å². The lowest BCUT2D eigenvalue weighted by Gasteiger charge is -2.61. The third-order valence-corrected chi connectivity index (χ3v) is 14.3. The summed E-state index contributed by atoms with van der Waals surface area (Å²) < 4.78 is 13.7. The van der Waals surface area contributed by atoms with Crippen LogP contribution in [-0.2, 0) is 5.41 Å². The second kappa shape index (κ2) is 11.9. The van der Waals surface area contributed by atoms with E-state index < -0.39 is 0 Å². The zero-order valence-electron chi connectivity index (χ0n) is 30.8. The molecule has 264 valence electrons. The maximum atomic E-state index is 13.7. The molecular weight excluding hydrogens is 668 g/mol. The van der Waals surface area contributed by atoms with E-state index in [1.165, 1.54) is 110 Å². The summed E-state index contributed by atoms with van der Waals surface area (Å²) in [4.78, 5) is 0. The van der Waals surface area contributed by atoms with Gasteiger partial charge in [-0.3, -0.25) is 0 Å². The molecule has 1 heteroatoms. The van der Waals surface area contributed by atoms with Crippen LogP contribution in [0.3, 0.4) is 0 Å². The first-order chi connectivity index (χ1) is 27.2. The quantitative estimate of drug-likeness (QED) is 0.160. The highest BCUT2D eigenvalue weighted by molar-refractivity contribution is 6.22. The normalized spacial score (nSPS) is 23.1. The van der Waals surface area contributed by atoms with Gasteiger partial charge in [-0.05, 0) is 156 Å². The number of halogens is 1. The van der Waals surface area contributed by atoms with Crippen LogP contribution < -0.4 is 0 Å². The van der Waals surface area contributed by atoms with Crippen molar-refractivity contribution in [2.24, 2.45) is 23.7 Å². The van der Waals surface area contributed by atoms with Crippen molar-refractivity contribution in [1.82, 2.24) is 0 Å². The average molecular weight is 709 g/mol. The average Bonchev–Trinajstić information content (AvgIpc) is 3.53. The van der Waals surface area contributed by atoms with Gasteiger partial charge in [-0.2, -0.15) is 0 Å². The predicted octanol–water partition coefficient (Wildman–Crippen LogP) is 14.5. The Bertz CT molecular complexity index is 2740. The summed E-state index contributed by atoms with van der Waals surface area (Å²) in [5, 5.41) is 5.02. The van der Waals surface area contributed by atoms with E-state index >= 15 is 0 Å². The molecule has 0 N–H and O–H groups in total. The lowest BCUT2D eigenvalue weighted by molar-refractivity contribution is -0.0399. The Labute approximate surface area is 322 Å². The summed E-state index contributed by atoms with van der Waals surface area (Å²) in [5.41, 5.74) is 16.0. The van der Waals surface area contributed by atoms with Gasteiger partial charge in [0, 0.05) is 5.41 Å². The SMILES string of the molecule is Fc1ccc(-c2ccc(-c3c4ccccc4c(-c4ccccc4-c4cccc5c4-c4ccccc4C54C5CC6CC(C5)CC4C6)c4ccccc34)cc2)cc1. The van der Waals surface area contributed by atoms with Crippen LogP contribution in [-0.4, -0.2) is 0 Å². The molecule has 1 spiro atoms. The van der Waals surface area contributed by atoms with E-state index in [1.54, 1.807) is 11.1 Å². The number of hydrogen-bond acceptors (Lipinski definition) is 0. The van der Waals surface area contributed by atoms with Gasteiger partial charge in [-0.15, -0.1) is 0 Å². The van der Waals surface area contributed by atoms with Crippen LogP contribution in [0.1, 0.15) is 43.2 Å². The highest BCUT2D eigenvalue weighted by Gasteiger charge is 2.61. The second-order valence-electron chi connectivity index (χ2n) is 16.9. The first-order valence-corrected chi connectivity index (χ1v) is 20.3. The van der Waals surface area contributed by atoms with Gasteiger partial charge in [-0.25, -0.2) is 4.39 Å². The van der Waals surface area contributed by atoms with E-state index in [1.807, 2.05) is 12.1 Å². The fourth-order valence-corrected chi connectivity index (χ4v) is 12.6. The topological polar surface area (TPSA) is 0 Å². The van der Waals surface area contributed by atoms with Gasteiger partial charge < -0.3 is 0 Å². The molecule has 5 aliphatic carbocycles. The summed E-state index contributed by atoms with van der Waals surface area (Å²) in [6.45, 7) is 0. The smallest absolute Gasteiger partial charge is 0.123 e. The standard InChI is InChI=1S/C54H41F/c55-40-26-24-36(25-27-40)35-20-22-37(23-21-35)51-44-12-3-5-14-46(44)52(47-15-6-4-13-45(47)51)42-11-2-1-10-41(42)43-17-9-19-50-53(43)48-16-7-8-18-49(48)54(50)38-29-33-28-34(31-38)32-39(54)30-33/h1-27,33-34,38-39H,28-32H2. The van der Waals surface area contributed by atoms with E-state index in [2.05, 4.69) is 140 Å². The largest absolute Gasteiger partial charge is 0.207 e. The number of benzene rings is 8. The molecule has 13 rings (SSSR count). The summed E-state index contributed by atoms with van der Waals surface area (Å²) in [7, 11) is 0. The van der Waals surface area contributed by atoms with Crippen LogP contribution in [0.4, 0.5) is 4.39 Å². The molecule has 55 heavy (non-hydrogen) atoms. The van der Waals surface area contributed by atoms with Gasteiger partial charge in [0.15, 0.2) is 0 Å². The highest BCUT2D eigenvalue weighted by atomic mass is 19.1. The van der Waals surface area contributed by atoms with Crippen molar-refractivity contribution >= 4 is 21.5 Å². The molecule has 4 saturated carbocycles. The molecule has 0 radical (unpaired) electrons. The Morgan fingerprint density at radius 3 is 1.42 bits per heavy atom. The zero-order chi connectivity index (χ0) is 36.3. The van der Waals surface area contributed by atoms with Crippen molar-refractivity contribution in [2.75, 3.05) is 0 Å². The predicted molar refractivity (Wildman–Crippen MR) is 226 cm³/mol. The Balaban J connectivity index is 1.08. The van der Waals surface area contributed by atoms with Gasteiger partial charge in [0.1, 0.15) is 5.82 Å². The lowest BCUT2D eigenvalue weighted by Crippen LogP contribution is -2.55. The van der Waals surface area contributed by atoms with E-state index in [9.17, 15) is 4.39 Å². The Hall–Kier alpha value is -5.79. The van der Waals surface area contributed by atoms with E-state index in [-0.39, 0.29) is 11.2 Å². The van der Waals surface area contributed by atoms with E-state index in [4.69, 9.17) is 0 Å². The summed E-state index contributed by atoms with van der Waals surface area (Å²) in [6, 6.07) is 59.5. The third-order valence-electron chi connectivity index (χ3n) is 14.3. The number of fused-ring (bicyclic) bond motifs is 5. The van der Waals surface area contributed by atoms with Gasteiger partial charge in [0.2, 0.25) is 0 Å². The molecule has 5 aliphatic rings. The molecule has 4 bridgehead atoms. The van der Waals surface area contributed by atoms with Gasteiger partial charge >= 0.3 is 0 Å². The van der Waals surface area contributed by atoms with Crippen molar-refractivity contribution < 1.29 is 4.39 Å². The highest BCUT2D eigenvalue weighted by Crippen LogP contribution is 2.70. The minimum Gasteiger partial charge on any atom is -0.207 e. The molecule has 0 nitrogen and oxygen atoms in total. The minimum absolute atomic E-state index is 0.136. The fourth-order valence-electron chi connectivity index (χ4n) is 12.6. The Kier molecular flexibility index (Phi) is 6.80. The summed E-state index contributed by atoms with van der Waals surface area (Å²) >= 11 is 0. The van der Waals surface area contributed by atoms with E-state index in [0.29, 0.717) is 0 Å². The first-order valence-electron chi connectivity index (χ1n) is 20.3. The monoisotopic (exact) mass is 708 g/mol. The Morgan fingerprint density at radius 1 is 0.345 bits per heavy atom. The van der Waals surface area contributed by atoms with Crippen LogP contribution in [0.5, 0.6) is 0 Å². The van der Waals surface area contributed by atoms with Gasteiger partial charge in [-0.1, -0.05) is 152 Å². The molecule has 0 heterocycles. The van der Waals surface area contributed by atoms with Crippen molar-refractivity contribution in [1.29, 1.82) is 0 Å². The minimum atomic E-state index is -0.215. The van der Waals surface area contributed by atoms with Crippen molar-refractivity contribution in [3.63, 3.8) is 0 Å². The molecule has 0 atom stereocenters. The van der Waals surface area contributed by atoms with Crippen LogP contribution >= 0.6 is 0 Å². The molecular formula is C54H41F. The third kappa shape index (κ3) is 4.44. The number of hydrogen-bond donors (Lipinski definition) is 0. The second-order valence-corrected chi connectivity index (χ2v) is 16.9. The number of rotatable bonds is 4. The molecule has 0 aliphatic heterocycles. The zero-order valence-corrected chi connectivity index (χ0v) is 30.8. The van der Waals surface area contributed by atoms with Gasteiger partial charge in [0.25, 0.3) is 0 Å². The fraction of sp³-hybridized carbons (Fsp3) is 0.185. The van der Waals surface area contributed by atoms with Crippen LogP contribution in [0.25, 0.3) is 77.2 Å². The Morgan fingerprint density at radius 2 is 0.800 bits per heavy atom. The van der Waals surface area contributed by atoms with Crippen molar-refractivity contribution in [2.45, 2.75) is 37.5 Å². The lowest BCUT2D eigenvalue weighted by atomic mass is 9.43. The maximum absolute atomic E-state index is 13.7. The molecule has 8 aromatic carbocycles. The molecule has 0 amide bonds.